The first-order valence-electron chi connectivity index (χ1n) is 7.44. The van der Waals surface area contributed by atoms with Crippen molar-refractivity contribution < 1.29 is 9.59 Å². The minimum atomic E-state index is -0.155. The van der Waals surface area contributed by atoms with E-state index in [1.165, 1.54) is 0 Å². The third kappa shape index (κ3) is 2.60. The second kappa shape index (κ2) is 6.02. The highest BCUT2D eigenvalue weighted by Crippen LogP contribution is 2.33. The third-order valence-corrected chi connectivity index (χ3v) is 3.87. The number of nitrogens with zero attached hydrogens (tertiary/aromatic N) is 2. The van der Waals surface area contributed by atoms with Gasteiger partial charge >= 0.3 is 0 Å². The van der Waals surface area contributed by atoms with Crippen molar-refractivity contribution in [3.05, 3.63) is 60.2 Å². The Balaban J connectivity index is 2.05. The van der Waals surface area contributed by atoms with Gasteiger partial charge in [-0.3, -0.25) is 9.59 Å². The fourth-order valence-electron chi connectivity index (χ4n) is 2.80. The summed E-state index contributed by atoms with van der Waals surface area (Å²) in [5, 5.41) is 0. The molecule has 0 atom stereocenters. The molecular weight excluding hydrogens is 276 g/mol. The average molecular weight is 294 g/mol. The molecule has 0 radical (unpaired) electrons. The monoisotopic (exact) mass is 294 g/mol. The summed E-state index contributed by atoms with van der Waals surface area (Å²) >= 11 is 0. The van der Waals surface area contributed by atoms with Gasteiger partial charge in [0.15, 0.2) is 0 Å². The lowest BCUT2D eigenvalue weighted by Crippen LogP contribution is -2.32. The predicted octanol–water partition coefficient (Wildman–Crippen LogP) is 2.98. The lowest BCUT2D eigenvalue weighted by atomic mass is 10.1. The summed E-state index contributed by atoms with van der Waals surface area (Å²) in [6, 6.07) is 17.4. The Hall–Kier alpha value is -2.62. The molecule has 2 aromatic carbocycles. The smallest absolute Gasteiger partial charge is 0.236 e. The quantitative estimate of drug-likeness (QED) is 0.817. The fourth-order valence-corrected chi connectivity index (χ4v) is 2.80. The van der Waals surface area contributed by atoms with Gasteiger partial charge in [0.2, 0.25) is 11.8 Å². The van der Waals surface area contributed by atoms with Crippen LogP contribution < -0.4 is 9.80 Å². The number of benzene rings is 2. The maximum Gasteiger partial charge on any atom is 0.236 e. The van der Waals surface area contributed by atoms with Crippen LogP contribution in [0.2, 0.25) is 0 Å². The number of rotatable bonds is 3. The molecule has 0 aromatic heterocycles. The SMILES string of the molecule is CCN1C(=O)CC(=O)N(Cc2ccccc2)c2ccccc21. The fraction of sp³-hybridized carbons (Fsp3) is 0.222. The molecule has 2 amide bonds. The molecule has 4 nitrogen and oxygen atoms in total. The molecule has 1 heterocycles. The number of amides is 2. The summed E-state index contributed by atoms with van der Waals surface area (Å²) in [7, 11) is 0. The molecule has 0 bridgehead atoms. The molecule has 3 rings (SSSR count). The van der Waals surface area contributed by atoms with Crippen molar-refractivity contribution in [1.82, 2.24) is 0 Å². The second-order valence-corrected chi connectivity index (χ2v) is 5.27. The predicted molar refractivity (Wildman–Crippen MR) is 86.7 cm³/mol. The van der Waals surface area contributed by atoms with Crippen LogP contribution in [0, 0.1) is 0 Å². The molecule has 22 heavy (non-hydrogen) atoms. The number of anilines is 2. The van der Waals surface area contributed by atoms with E-state index in [0.29, 0.717) is 13.1 Å². The Morgan fingerprint density at radius 2 is 1.36 bits per heavy atom. The van der Waals surface area contributed by atoms with E-state index in [1.54, 1.807) is 9.80 Å². The van der Waals surface area contributed by atoms with E-state index in [2.05, 4.69) is 0 Å². The second-order valence-electron chi connectivity index (χ2n) is 5.27. The summed E-state index contributed by atoms with van der Waals surface area (Å²) in [5.41, 5.74) is 2.64. The molecule has 2 aromatic rings. The summed E-state index contributed by atoms with van der Waals surface area (Å²) in [6.45, 7) is 2.95. The van der Waals surface area contributed by atoms with Crippen LogP contribution in [0.25, 0.3) is 0 Å². The first-order chi connectivity index (χ1) is 10.7. The van der Waals surface area contributed by atoms with Gasteiger partial charge in [0.05, 0.1) is 17.9 Å². The molecule has 0 saturated heterocycles. The van der Waals surface area contributed by atoms with Crippen LogP contribution in [-0.2, 0) is 16.1 Å². The van der Waals surface area contributed by atoms with Gasteiger partial charge in [0.1, 0.15) is 6.42 Å². The van der Waals surface area contributed by atoms with Crippen LogP contribution in [-0.4, -0.2) is 18.4 Å². The van der Waals surface area contributed by atoms with Crippen molar-refractivity contribution in [1.29, 1.82) is 0 Å². The van der Waals surface area contributed by atoms with Crippen LogP contribution in [0.5, 0.6) is 0 Å². The van der Waals surface area contributed by atoms with Crippen molar-refractivity contribution in [3.8, 4) is 0 Å². The van der Waals surface area contributed by atoms with Crippen LogP contribution in [0.1, 0.15) is 18.9 Å². The molecule has 0 fully saturated rings. The number of carbonyl (C=O) groups is 2. The zero-order chi connectivity index (χ0) is 15.5. The Morgan fingerprint density at radius 1 is 0.818 bits per heavy atom. The van der Waals surface area contributed by atoms with E-state index < -0.39 is 0 Å². The van der Waals surface area contributed by atoms with Crippen molar-refractivity contribution >= 4 is 23.2 Å². The first-order valence-corrected chi connectivity index (χ1v) is 7.44. The van der Waals surface area contributed by atoms with E-state index in [4.69, 9.17) is 0 Å². The van der Waals surface area contributed by atoms with Crippen LogP contribution in [0.4, 0.5) is 11.4 Å². The van der Waals surface area contributed by atoms with Crippen molar-refractivity contribution in [3.63, 3.8) is 0 Å². The van der Waals surface area contributed by atoms with Gasteiger partial charge in [-0.2, -0.15) is 0 Å². The number of hydrogen-bond donors (Lipinski definition) is 0. The van der Waals surface area contributed by atoms with Crippen LogP contribution >= 0.6 is 0 Å². The molecule has 1 aliphatic heterocycles. The van der Waals surface area contributed by atoms with Crippen LogP contribution in [0.3, 0.4) is 0 Å². The van der Waals surface area contributed by atoms with E-state index >= 15 is 0 Å². The molecule has 112 valence electrons. The number of fused-ring (bicyclic) bond motifs is 1. The Bertz CT molecular complexity index is 697. The largest absolute Gasteiger partial charge is 0.310 e. The molecule has 1 aliphatic rings. The summed E-state index contributed by atoms with van der Waals surface area (Å²) in [4.78, 5) is 28.2. The average Bonchev–Trinajstić information content (AvgIpc) is 2.63. The van der Waals surface area contributed by atoms with Crippen molar-refractivity contribution in [2.45, 2.75) is 19.9 Å². The minimum absolute atomic E-state index is 0.0879. The van der Waals surface area contributed by atoms with E-state index in [-0.39, 0.29) is 18.2 Å². The van der Waals surface area contributed by atoms with E-state index in [1.807, 2.05) is 61.5 Å². The van der Waals surface area contributed by atoms with Crippen molar-refractivity contribution in [2.75, 3.05) is 16.3 Å². The molecular formula is C18H18N2O2. The lowest BCUT2D eigenvalue weighted by molar-refractivity contribution is -0.126. The highest BCUT2D eigenvalue weighted by atomic mass is 16.2. The molecule has 4 heteroatoms. The topological polar surface area (TPSA) is 40.6 Å². The maximum absolute atomic E-state index is 12.5. The summed E-state index contributed by atoms with van der Waals surface area (Å²) in [6.07, 6.45) is -0.0879. The van der Waals surface area contributed by atoms with Gasteiger partial charge in [-0.1, -0.05) is 42.5 Å². The molecule has 0 saturated carbocycles. The van der Waals surface area contributed by atoms with Gasteiger partial charge in [-0.25, -0.2) is 0 Å². The van der Waals surface area contributed by atoms with Gasteiger partial charge in [-0.15, -0.1) is 0 Å². The highest BCUT2D eigenvalue weighted by molar-refractivity contribution is 6.15. The Kier molecular flexibility index (Phi) is 3.92. The highest BCUT2D eigenvalue weighted by Gasteiger charge is 2.30. The maximum atomic E-state index is 12.5. The zero-order valence-corrected chi connectivity index (χ0v) is 12.5. The summed E-state index contributed by atoms with van der Waals surface area (Å²) < 4.78 is 0. The van der Waals surface area contributed by atoms with Gasteiger partial charge in [-0.05, 0) is 24.6 Å². The number of hydrogen-bond acceptors (Lipinski definition) is 2. The van der Waals surface area contributed by atoms with Gasteiger partial charge < -0.3 is 9.80 Å². The molecule has 0 N–H and O–H groups in total. The molecule has 0 aliphatic carbocycles. The van der Waals surface area contributed by atoms with Crippen LogP contribution in [0.15, 0.2) is 54.6 Å². The number of para-hydroxylation sites is 2. The van der Waals surface area contributed by atoms with E-state index in [0.717, 1.165) is 16.9 Å². The van der Waals surface area contributed by atoms with Gasteiger partial charge in [0, 0.05) is 6.54 Å². The molecule has 0 spiro atoms. The zero-order valence-electron chi connectivity index (χ0n) is 12.5. The Morgan fingerprint density at radius 3 is 2.00 bits per heavy atom. The Labute approximate surface area is 130 Å². The first kappa shape index (κ1) is 14.3. The summed E-state index contributed by atoms with van der Waals surface area (Å²) in [5.74, 6) is -0.298. The van der Waals surface area contributed by atoms with Gasteiger partial charge in [0.25, 0.3) is 0 Å². The number of carbonyl (C=O) groups excluding carboxylic acids is 2. The normalized spacial score (nSPS) is 14.8. The van der Waals surface area contributed by atoms with Crippen molar-refractivity contribution in [2.24, 2.45) is 0 Å². The standard InChI is InChI=1S/C18H18N2O2/c1-2-19-15-10-6-7-11-16(15)20(18(22)12-17(19)21)13-14-8-4-3-5-9-14/h3-11H,2,12-13H2,1H3. The lowest BCUT2D eigenvalue weighted by Gasteiger charge is -2.24. The molecule has 0 unspecified atom stereocenters. The third-order valence-electron chi connectivity index (χ3n) is 3.87. The van der Waals surface area contributed by atoms with E-state index in [9.17, 15) is 9.59 Å². The minimum Gasteiger partial charge on any atom is -0.310 e.